The molecule has 0 fully saturated rings. The normalized spacial score (nSPS) is 11.5. The second kappa shape index (κ2) is 7.50. The highest BCUT2D eigenvalue weighted by Gasteiger charge is 2.20. The van der Waals surface area contributed by atoms with Gasteiger partial charge in [0.25, 0.3) is 0 Å². The van der Waals surface area contributed by atoms with Crippen molar-refractivity contribution in [1.29, 1.82) is 0 Å². The molecule has 7 heteroatoms. The van der Waals surface area contributed by atoms with Crippen molar-refractivity contribution in [2.45, 2.75) is 26.9 Å². The molecule has 1 atom stereocenters. The van der Waals surface area contributed by atoms with Crippen molar-refractivity contribution < 1.29 is 33.4 Å². The predicted octanol–water partition coefficient (Wildman–Crippen LogP) is -0.387. The second-order valence-electron chi connectivity index (χ2n) is 3.24. The molecule has 0 aromatic rings. The lowest BCUT2D eigenvalue weighted by Crippen LogP contribution is -2.29. The fourth-order valence-electron chi connectivity index (χ4n) is 0.782. The first kappa shape index (κ1) is 15.2. The molecule has 1 unspecified atom stereocenters. The van der Waals surface area contributed by atoms with E-state index in [9.17, 15) is 19.2 Å². The van der Waals surface area contributed by atoms with E-state index in [4.69, 9.17) is 0 Å². The average Bonchev–Trinajstić information content (AvgIpc) is 2.15. The largest absolute Gasteiger partial charge is 0.449 e. The van der Waals surface area contributed by atoms with Crippen LogP contribution >= 0.6 is 0 Å². The first-order valence-corrected chi connectivity index (χ1v) is 4.82. The van der Waals surface area contributed by atoms with Gasteiger partial charge in [0.05, 0.1) is 0 Å². The summed E-state index contributed by atoms with van der Waals surface area (Å²) in [5.74, 6) is -2.80. The maximum Gasteiger partial charge on any atom is 0.354 e. The van der Waals surface area contributed by atoms with E-state index in [0.717, 1.165) is 6.92 Å². The van der Waals surface area contributed by atoms with E-state index in [1.54, 1.807) is 0 Å². The molecule has 0 aliphatic heterocycles. The number of esters is 3. The third-order valence-corrected chi connectivity index (χ3v) is 1.41. The van der Waals surface area contributed by atoms with Gasteiger partial charge in [-0.1, -0.05) is 0 Å². The molecule has 96 valence electrons. The Kier molecular flexibility index (Phi) is 6.73. The Labute approximate surface area is 98.0 Å². The number of hydrogen-bond acceptors (Lipinski definition) is 7. The van der Waals surface area contributed by atoms with Crippen molar-refractivity contribution >= 4 is 23.7 Å². The minimum Gasteiger partial charge on any atom is -0.449 e. The number of ether oxygens (including phenoxy) is 3. The number of carbonyl (C=O) groups is 4. The van der Waals surface area contributed by atoms with Crippen LogP contribution in [0, 0.1) is 0 Å². The molecule has 0 aliphatic carbocycles. The zero-order valence-electron chi connectivity index (χ0n) is 9.85. The van der Waals surface area contributed by atoms with E-state index in [-0.39, 0.29) is 12.4 Å². The highest BCUT2D eigenvalue weighted by atomic mass is 16.6. The molecule has 0 aromatic heterocycles. The van der Waals surface area contributed by atoms with Gasteiger partial charge in [-0.2, -0.15) is 0 Å². The molecule has 0 amide bonds. The lowest BCUT2D eigenvalue weighted by atomic mass is 10.4. The van der Waals surface area contributed by atoms with Gasteiger partial charge in [0.1, 0.15) is 13.2 Å². The van der Waals surface area contributed by atoms with E-state index in [1.165, 1.54) is 13.8 Å². The van der Waals surface area contributed by atoms with Crippen LogP contribution < -0.4 is 0 Å². The van der Waals surface area contributed by atoms with Crippen LogP contribution in [0.1, 0.15) is 20.8 Å². The first-order chi connectivity index (χ1) is 7.82. The van der Waals surface area contributed by atoms with Crippen LogP contribution in [0.15, 0.2) is 0 Å². The first-order valence-electron chi connectivity index (χ1n) is 4.82. The van der Waals surface area contributed by atoms with Crippen LogP contribution in [-0.4, -0.2) is 43.0 Å². The van der Waals surface area contributed by atoms with Gasteiger partial charge in [0, 0.05) is 6.92 Å². The summed E-state index contributed by atoms with van der Waals surface area (Å²) in [6, 6.07) is 0. The van der Waals surface area contributed by atoms with Crippen LogP contribution in [0.2, 0.25) is 0 Å². The van der Waals surface area contributed by atoms with Crippen molar-refractivity contribution in [3.05, 3.63) is 0 Å². The van der Waals surface area contributed by atoms with E-state index in [1.807, 2.05) is 0 Å². The van der Waals surface area contributed by atoms with Crippen molar-refractivity contribution in [3.8, 4) is 0 Å². The van der Waals surface area contributed by atoms with Gasteiger partial charge in [-0.15, -0.1) is 0 Å². The molecule has 0 spiro atoms. The Balaban J connectivity index is 3.90. The summed E-state index contributed by atoms with van der Waals surface area (Å²) in [6.07, 6.45) is -1.20. The highest BCUT2D eigenvalue weighted by molar-refractivity contribution is 5.88. The molecule has 0 N–H and O–H groups in total. The zero-order chi connectivity index (χ0) is 13.4. The lowest BCUT2D eigenvalue weighted by Gasteiger charge is -2.10. The summed E-state index contributed by atoms with van der Waals surface area (Å²) in [7, 11) is 0. The fraction of sp³-hybridized carbons (Fsp3) is 0.600. The molecule has 0 saturated carbocycles. The molecule has 17 heavy (non-hydrogen) atoms. The summed E-state index contributed by atoms with van der Waals surface area (Å²) in [5, 5.41) is 0. The van der Waals surface area contributed by atoms with Gasteiger partial charge >= 0.3 is 17.9 Å². The Bertz CT molecular complexity index is 321. The average molecular weight is 246 g/mol. The second-order valence-corrected chi connectivity index (χ2v) is 3.24. The summed E-state index contributed by atoms with van der Waals surface area (Å²) < 4.78 is 13.5. The molecule has 0 aliphatic rings. The quantitative estimate of drug-likeness (QED) is 0.465. The maximum absolute atomic E-state index is 11.1. The maximum atomic E-state index is 11.1. The summed E-state index contributed by atoms with van der Waals surface area (Å²) in [5.41, 5.74) is 0. The van der Waals surface area contributed by atoms with Crippen LogP contribution in [-0.2, 0) is 33.4 Å². The highest BCUT2D eigenvalue weighted by Crippen LogP contribution is 1.96. The molecule has 7 nitrogen and oxygen atoms in total. The van der Waals surface area contributed by atoms with Crippen molar-refractivity contribution in [3.63, 3.8) is 0 Å². The molecule has 0 bridgehead atoms. The topological polar surface area (TPSA) is 96.0 Å². The van der Waals surface area contributed by atoms with Crippen LogP contribution in [0.25, 0.3) is 0 Å². The monoisotopic (exact) mass is 246 g/mol. The van der Waals surface area contributed by atoms with Crippen LogP contribution in [0.3, 0.4) is 0 Å². The van der Waals surface area contributed by atoms with Crippen LogP contribution in [0.5, 0.6) is 0 Å². The van der Waals surface area contributed by atoms with Gasteiger partial charge < -0.3 is 14.2 Å². The molecule has 0 radical (unpaired) electrons. The Morgan fingerprint density at radius 3 is 2.12 bits per heavy atom. The third kappa shape index (κ3) is 8.09. The van der Waals surface area contributed by atoms with Gasteiger partial charge in [-0.3, -0.25) is 9.59 Å². The summed E-state index contributed by atoms with van der Waals surface area (Å²) >= 11 is 0. The zero-order valence-corrected chi connectivity index (χ0v) is 9.85. The Hall–Kier alpha value is -1.76. The number of rotatable bonds is 6. The number of carbonyl (C=O) groups excluding carboxylic acids is 4. The Morgan fingerprint density at radius 1 is 1.06 bits per heavy atom. The van der Waals surface area contributed by atoms with E-state index < -0.39 is 30.6 Å². The van der Waals surface area contributed by atoms with Crippen molar-refractivity contribution in [2.24, 2.45) is 0 Å². The lowest BCUT2D eigenvalue weighted by molar-refractivity contribution is -0.174. The molecular weight excluding hydrogens is 232 g/mol. The minimum atomic E-state index is -1.20. The van der Waals surface area contributed by atoms with Crippen LogP contribution in [0.4, 0.5) is 0 Å². The van der Waals surface area contributed by atoms with Gasteiger partial charge in [-0.05, 0) is 13.8 Å². The predicted molar refractivity (Wildman–Crippen MR) is 53.8 cm³/mol. The SMILES string of the molecule is CC(=O)COCC(=O)OC(C)C(=O)OC(C)=O. The van der Waals surface area contributed by atoms with Gasteiger partial charge in [0.15, 0.2) is 11.9 Å². The fourth-order valence-corrected chi connectivity index (χ4v) is 0.782. The van der Waals surface area contributed by atoms with Gasteiger partial charge in [0.2, 0.25) is 0 Å². The minimum absolute atomic E-state index is 0.207. The number of hydrogen-bond donors (Lipinski definition) is 0. The van der Waals surface area contributed by atoms with E-state index in [0.29, 0.717) is 0 Å². The molecule has 0 saturated heterocycles. The molecule has 0 aromatic carbocycles. The summed E-state index contributed by atoms with van der Waals surface area (Å²) in [6.45, 7) is 2.97. The smallest absolute Gasteiger partial charge is 0.354 e. The van der Waals surface area contributed by atoms with E-state index >= 15 is 0 Å². The molecule has 0 heterocycles. The molecular formula is C10H14O7. The van der Waals surface area contributed by atoms with E-state index in [2.05, 4.69) is 14.2 Å². The van der Waals surface area contributed by atoms with Crippen molar-refractivity contribution in [2.75, 3.05) is 13.2 Å². The third-order valence-electron chi connectivity index (χ3n) is 1.41. The Morgan fingerprint density at radius 2 is 1.65 bits per heavy atom. The van der Waals surface area contributed by atoms with Gasteiger partial charge in [-0.25, -0.2) is 9.59 Å². The standard InChI is InChI=1S/C10H14O7/c1-6(11)4-15-5-9(13)16-7(2)10(14)17-8(3)12/h7H,4-5H2,1-3H3. The number of ketones is 1. The molecule has 0 rings (SSSR count). The van der Waals surface area contributed by atoms with Crippen molar-refractivity contribution in [1.82, 2.24) is 0 Å². The number of Topliss-reactive ketones (excluding diaryl/α,β-unsaturated/α-hetero) is 1. The summed E-state index contributed by atoms with van der Waals surface area (Å²) in [4.78, 5) is 43.1.